The first-order valence-corrected chi connectivity index (χ1v) is 8.52. The molecule has 120 valence electrons. The van der Waals surface area contributed by atoms with E-state index in [9.17, 15) is 18.0 Å². The lowest BCUT2D eigenvalue weighted by molar-refractivity contribution is -0.143. The predicted molar refractivity (Wildman–Crippen MR) is 74.4 cm³/mol. The molecule has 0 bridgehead atoms. The van der Waals surface area contributed by atoms with Crippen LogP contribution in [0.5, 0.6) is 0 Å². The van der Waals surface area contributed by atoms with Gasteiger partial charge in [0.25, 0.3) is 10.2 Å². The van der Waals surface area contributed by atoms with E-state index >= 15 is 0 Å². The van der Waals surface area contributed by atoms with Gasteiger partial charge in [-0.2, -0.15) is 17.0 Å². The Balaban J connectivity index is 2.19. The molecule has 0 saturated carbocycles. The molecule has 0 spiro atoms. The second-order valence-electron chi connectivity index (χ2n) is 5.57. The van der Waals surface area contributed by atoms with E-state index in [-0.39, 0.29) is 19.6 Å². The van der Waals surface area contributed by atoms with Crippen LogP contribution in [0.3, 0.4) is 0 Å². The molecule has 0 radical (unpaired) electrons. The van der Waals surface area contributed by atoms with Gasteiger partial charge in [0, 0.05) is 19.6 Å². The third-order valence-corrected chi connectivity index (χ3v) is 6.15. The van der Waals surface area contributed by atoms with Gasteiger partial charge in [-0.05, 0) is 25.7 Å². The van der Waals surface area contributed by atoms with Gasteiger partial charge >= 0.3 is 5.97 Å². The number of carboxylic acids is 1. The van der Waals surface area contributed by atoms with Crippen molar-refractivity contribution in [2.75, 3.05) is 19.6 Å². The SMILES string of the molecule is NC(=O)C1CCCCN1S(=O)(=O)N1CCCC(C(=O)O)C1. The van der Waals surface area contributed by atoms with Crippen LogP contribution in [0.2, 0.25) is 0 Å². The Morgan fingerprint density at radius 2 is 1.81 bits per heavy atom. The van der Waals surface area contributed by atoms with Gasteiger partial charge in [0.1, 0.15) is 6.04 Å². The molecule has 8 nitrogen and oxygen atoms in total. The molecule has 9 heteroatoms. The van der Waals surface area contributed by atoms with Gasteiger partial charge in [0.15, 0.2) is 0 Å². The number of hydrogen-bond donors (Lipinski definition) is 2. The van der Waals surface area contributed by atoms with Crippen LogP contribution in [0.4, 0.5) is 0 Å². The predicted octanol–water partition coefficient (Wildman–Crippen LogP) is -0.632. The maximum Gasteiger partial charge on any atom is 0.307 e. The number of hydrogen-bond acceptors (Lipinski definition) is 4. The van der Waals surface area contributed by atoms with Gasteiger partial charge in [0.05, 0.1) is 5.92 Å². The first-order valence-electron chi connectivity index (χ1n) is 7.13. The number of nitrogens with two attached hydrogens (primary N) is 1. The summed E-state index contributed by atoms with van der Waals surface area (Å²) in [7, 11) is -3.84. The molecule has 2 atom stereocenters. The molecule has 2 fully saturated rings. The average Bonchev–Trinajstić information content (AvgIpc) is 2.47. The van der Waals surface area contributed by atoms with E-state index in [1.807, 2.05) is 0 Å². The van der Waals surface area contributed by atoms with Crippen molar-refractivity contribution in [3.05, 3.63) is 0 Å². The summed E-state index contributed by atoms with van der Waals surface area (Å²) in [5.74, 6) is -2.32. The van der Waals surface area contributed by atoms with E-state index in [1.54, 1.807) is 0 Å². The first kappa shape index (κ1) is 16.2. The highest BCUT2D eigenvalue weighted by atomic mass is 32.2. The Labute approximate surface area is 124 Å². The molecule has 2 saturated heterocycles. The van der Waals surface area contributed by atoms with E-state index in [2.05, 4.69) is 0 Å². The zero-order chi connectivity index (χ0) is 15.6. The summed E-state index contributed by atoms with van der Waals surface area (Å²) >= 11 is 0. The fraction of sp³-hybridized carbons (Fsp3) is 0.833. The number of carboxylic acid groups (broad SMARTS) is 1. The number of rotatable bonds is 4. The number of primary amides is 1. The number of amides is 1. The lowest BCUT2D eigenvalue weighted by Crippen LogP contribution is -2.56. The van der Waals surface area contributed by atoms with Crippen molar-refractivity contribution in [2.24, 2.45) is 11.7 Å². The summed E-state index contributed by atoms with van der Waals surface area (Å²) in [4.78, 5) is 22.5. The van der Waals surface area contributed by atoms with Crippen LogP contribution in [0.25, 0.3) is 0 Å². The zero-order valence-corrected chi connectivity index (χ0v) is 12.6. The van der Waals surface area contributed by atoms with Crippen molar-refractivity contribution in [3.8, 4) is 0 Å². The maximum atomic E-state index is 12.7. The van der Waals surface area contributed by atoms with E-state index in [1.165, 1.54) is 4.31 Å². The van der Waals surface area contributed by atoms with Gasteiger partial charge in [-0.3, -0.25) is 9.59 Å². The summed E-state index contributed by atoms with van der Waals surface area (Å²) < 4.78 is 27.7. The summed E-state index contributed by atoms with van der Waals surface area (Å²) in [6.07, 6.45) is 2.84. The highest BCUT2D eigenvalue weighted by Crippen LogP contribution is 2.26. The Hall–Kier alpha value is -1.19. The first-order chi connectivity index (χ1) is 9.84. The number of piperidine rings is 2. The molecule has 0 aromatic heterocycles. The summed E-state index contributed by atoms with van der Waals surface area (Å²) in [6.45, 7) is 0.498. The molecule has 0 aromatic carbocycles. The van der Waals surface area contributed by atoms with Gasteiger partial charge in [-0.25, -0.2) is 0 Å². The Morgan fingerprint density at radius 1 is 1.10 bits per heavy atom. The highest BCUT2D eigenvalue weighted by molar-refractivity contribution is 7.86. The molecule has 2 unspecified atom stereocenters. The molecule has 2 heterocycles. The monoisotopic (exact) mass is 319 g/mol. The fourth-order valence-electron chi connectivity index (χ4n) is 2.97. The lowest BCUT2D eigenvalue weighted by Gasteiger charge is -2.38. The lowest BCUT2D eigenvalue weighted by atomic mass is 10.0. The van der Waals surface area contributed by atoms with Crippen molar-refractivity contribution in [3.63, 3.8) is 0 Å². The zero-order valence-electron chi connectivity index (χ0n) is 11.8. The Morgan fingerprint density at radius 3 is 2.43 bits per heavy atom. The van der Waals surface area contributed by atoms with Crippen molar-refractivity contribution in [2.45, 2.75) is 38.1 Å². The molecular formula is C12H21N3O5S. The van der Waals surface area contributed by atoms with Crippen LogP contribution >= 0.6 is 0 Å². The molecule has 0 aliphatic carbocycles. The quantitative estimate of drug-likeness (QED) is 0.714. The Kier molecular flexibility index (Phi) is 4.84. The van der Waals surface area contributed by atoms with E-state index in [0.717, 1.165) is 10.7 Å². The second-order valence-corrected chi connectivity index (χ2v) is 7.45. The third-order valence-electron chi connectivity index (χ3n) is 4.14. The normalized spacial score (nSPS) is 29.1. The number of aliphatic carboxylic acids is 1. The van der Waals surface area contributed by atoms with Crippen LogP contribution in [-0.2, 0) is 19.8 Å². The van der Waals surface area contributed by atoms with Crippen molar-refractivity contribution in [1.29, 1.82) is 0 Å². The van der Waals surface area contributed by atoms with Crippen LogP contribution < -0.4 is 5.73 Å². The van der Waals surface area contributed by atoms with E-state index in [4.69, 9.17) is 10.8 Å². The van der Waals surface area contributed by atoms with Crippen LogP contribution in [-0.4, -0.2) is 59.7 Å². The van der Waals surface area contributed by atoms with Gasteiger partial charge in [-0.15, -0.1) is 0 Å². The van der Waals surface area contributed by atoms with Crippen molar-refractivity contribution in [1.82, 2.24) is 8.61 Å². The topological polar surface area (TPSA) is 121 Å². The highest BCUT2D eigenvalue weighted by Gasteiger charge is 2.41. The smallest absolute Gasteiger partial charge is 0.307 e. The minimum Gasteiger partial charge on any atom is -0.481 e. The van der Waals surface area contributed by atoms with E-state index < -0.39 is 34.0 Å². The van der Waals surface area contributed by atoms with Gasteiger partial charge < -0.3 is 10.8 Å². The maximum absolute atomic E-state index is 12.7. The molecule has 2 aliphatic heterocycles. The Bertz CT molecular complexity index is 521. The molecule has 21 heavy (non-hydrogen) atoms. The van der Waals surface area contributed by atoms with Crippen molar-refractivity contribution < 1.29 is 23.1 Å². The number of nitrogens with zero attached hydrogens (tertiary/aromatic N) is 2. The average molecular weight is 319 g/mol. The minimum atomic E-state index is -3.84. The summed E-state index contributed by atoms with van der Waals surface area (Å²) in [5.41, 5.74) is 5.30. The molecular weight excluding hydrogens is 298 g/mol. The largest absolute Gasteiger partial charge is 0.481 e. The molecule has 3 N–H and O–H groups in total. The number of carbonyl (C=O) groups is 2. The molecule has 2 rings (SSSR count). The van der Waals surface area contributed by atoms with Crippen LogP contribution in [0, 0.1) is 5.92 Å². The van der Waals surface area contributed by atoms with Gasteiger partial charge in [0.2, 0.25) is 5.91 Å². The summed E-state index contributed by atoms with van der Waals surface area (Å²) in [5, 5.41) is 9.06. The molecule has 2 aliphatic rings. The number of carbonyl (C=O) groups excluding carboxylic acids is 1. The second kappa shape index (κ2) is 6.29. The van der Waals surface area contributed by atoms with Crippen LogP contribution in [0.15, 0.2) is 0 Å². The summed E-state index contributed by atoms with van der Waals surface area (Å²) in [6, 6.07) is -0.825. The fourth-order valence-corrected chi connectivity index (χ4v) is 4.88. The van der Waals surface area contributed by atoms with Crippen LogP contribution in [0.1, 0.15) is 32.1 Å². The minimum absolute atomic E-state index is 0.0420. The molecule has 0 aromatic rings. The van der Waals surface area contributed by atoms with Gasteiger partial charge in [-0.1, -0.05) is 6.42 Å². The third kappa shape index (κ3) is 3.35. The molecule has 1 amide bonds. The standard InChI is InChI=1S/C12H21N3O5S/c13-11(16)10-5-1-2-7-15(10)21(19,20)14-6-3-4-9(8-14)12(17)18/h9-10H,1-8H2,(H2,13,16)(H,17,18). The van der Waals surface area contributed by atoms with Crippen molar-refractivity contribution >= 4 is 22.1 Å². The van der Waals surface area contributed by atoms with E-state index in [0.29, 0.717) is 25.7 Å².